The Morgan fingerprint density at radius 1 is 1.25 bits per heavy atom. The van der Waals surface area contributed by atoms with E-state index in [1.807, 2.05) is 0 Å². The van der Waals surface area contributed by atoms with Crippen LogP contribution in [0.4, 0.5) is 0 Å². The van der Waals surface area contributed by atoms with E-state index in [2.05, 4.69) is 18.7 Å². The summed E-state index contributed by atoms with van der Waals surface area (Å²) in [5, 5.41) is 2.05. The molecule has 0 aromatic heterocycles. The van der Waals surface area contributed by atoms with Gasteiger partial charge in [-0.3, -0.25) is 0 Å². The van der Waals surface area contributed by atoms with Crippen LogP contribution < -0.4 is 0 Å². The first kappa shape index (κ1) is 5.16. The van der Waals surface area contributed by atoms with Crippen molar-refractivity contribution < 1.29 is 0 Å². The summed E-state index contributed by atoms with van der Waals surface area (Å²) in [7, 11) is 0. The minimum Gasteiger partial charge on any atom is -0.155 e. The highest BCUT2D eigenvalue weighted by atomic mass is 32.2. The second-order valence-electron chi connectivity index (χ2n) is 3.14. The fourth-order valence-electron chi connectivity index (χ4n) is 1.83. The van der Waals surface area contributed by atoms with Crippen molar-refractivity contribution in [1.82, 2.24) is 0 Å². The second-order valence-corrected chi connectivity index (χ2v) is 4.89. The van der Waals surface area contributed by atoms with Crippen LogP contribution in [0.15, 0.2) is 0 Å². The third kappa shape index (κ3) is 0.680. The lowest BCUT2D eigenvalue weighted by atomic mass is 9.81. The predicted molar refractivity (Wildman–Crippen MR) is 38.2 cm³/mol. The van der Waals surface area contributed by atoms with Gasteiger partial charge >= 0.3 is 0 Å². The van der Waals surface area contributed by atoms with E-state index >= 15 is 0 Å². The highest BCUT2D eigenvalue weighted by molar-refractivity contribution is 8.00. The Morgan fingerprint density at radius 2 is 2.00 bits per heavy atom. The smallest absolute Gasteiger partial charge is 0.00550 e. The highest BCUT2D eigenvalue weighted by Crippen LogP contribution is 2.48. The molecule has 1 unspecified atom stereocenters. The fourth-order valence-corrected chi connectivity index (χ4v) is 3.64. The number of rotatable bonds is 0. The molecule has 0 radical (unpaired) electrons. The van der Waals surface area contributed by atoms with Crippen molar-refractivity contribution in [2.45, 2.75) is 36.7 Å². The Labute approximate surface area is 55.0 Å². The van der Waals surface area contributed by atoms with E-state index in [1.54, 1.807) is 0 Å². The molecule has 3 fully saturated rings. The van der Waals surface area contributed by atoms with Gasteiger partial charge in [-0.2, -0.15) is 11.8 Å². The second kappa shape index (κ2) is 1.66. The van der Waals surface area contributed by atoms with E-state index in [0.29, 0.717) is 0 Å². The third-order valence-corrected chi connectivity index (χ3v) is 3.71. The first-order valence-corrected chi connectivity index (χ1v) is 4.44. The molecular weight excluding hydrogens is 116 g/mol. The maximum atomic E-state index is 2.36. The Hall–Kier alpha value is 0.350. The molecule has 0 amide bonds. The number of fused-ring (bicyclic) bond motifs is 2. The Balaban J connectivity index is 1.97. The third-order valence-electron chi connectivity index (χ3n) is 2.28. The Morgan fingerprint density at radius 3 is 2.25 bits per heavy atom. The monoisotopic (exact) mass is 128 g/mol. The molecule has 0 aromatic rings. The molecule has 2 heterocycles. The lowest BCUT2D eigenvalue weighted by Gasteiger charge is -2.43. The molecule has 0 N–H and O–H groups in total. The summed E-state index contributed by atoms with van der Waals surface area (Å²) in [5.74, 6) is 1.14. The zero-order valence-electron chi connectivity index (χ0n) is 5.26. The van der Waals surface area contributed by atoms with Crippen molar-refractivity contribution >= 4 is 11.8 Å². The minimum atomic E-state index is 0.979. The molecule has 8 heavy (non-hydrogen) atoms. The molecule has 0 nitrogen and oxygen atoms in total. The van der Waals surface area contributed by atoms with Gasteiger partial charge in [-0.1, -0.05) is 6.92 Å². The fraction of sp³-hybridized carbons (Fsp3) is 1.00. The predicted octanol–water partition coefficient (Wildman–Crippen LogP) is 2.29. The van der Waals surface area contributed by atoms with Gasteiger partial charge in [0.05, 0.1) is 0 Å². The van der Waals surface area contributed by atoms with E-state index in [1.165, 1.54) is 19.3 Å². The summed E-state index contributed by atoms with van der Waals surface area (Å²) in [5.41, 5.74) is 0. The Kier molecular flexibility index (Phi) is 1.07. The number of thioether (sulfide) groups is 1. The van der Waals surface area contributed by atoms with Crippen molar-refractivity contribution in [3.8, 4) is 0 Å². The summed E-state index contributed by atoms with van der Waals surface area (Å²) < 4.78 is 0. The SMILES string of the molecule is CC1CC2CC(C2)S1. The van der Waals surface area contributed by atoms with Gasteiger partial charge in [-0.05, 0) is 25.2 Å². The highest BCUT2D eigenvalue weighted by Gasteiger charge is 2.36. The normalized spacial score (nSPS) is 52.9. The molecular formula is C7H12S. The largest absolute Gasteiger partial charge is 0.155 e. The van der Waals surface area contributed by atoms with Gasteiger partial charge in [0.25, 0.3) is 0 Å². The van der Waals surface area contributed by atoms with Crippen molar-refractivity contribution in [1.29, 1.82) is 0 Å². The van der Waals surface area contributed by atoms with E-state index in [0.717, 1.165) is 16.4 Å². The average molecular weight is 128 g/mol. The van der Waals surface area contributed by atoms with Crippen LogP contribution in [0.1, 0.15) is 26.2 Å². The van der Waals surface area contributed by atoms with Gasteiger partial charge < -0.3 is 0 Å². The topological polar surface area (TPSA) is 0 Å². The molecule has 3 rings (SSSR count). The van der Waals surface area contributed by atoms with Crippen molar-refractivity contribution in [3.63, 3.8) is 0 Å². The van der Waals surface area contributed by atoms with Crippen molar-refractivity contribution in [2.75, 3.05) is 0 Å². The van der Waals surface area contributed by atoms with Crippen LogP contribution in [0.5, 0.6) is 0 Å². The van der Waals surface area contributed by atoms with Crippen LogP contribution in [0.2, 0.25) is 0 Å². The zero-order valence-corrected chi connectivity index (χ0v) is 6.08. The van der Waals surface area contributed by atoms with Gasteiger partial charge in [0.15, 0.2) is 0 Å². The van der Waals surface area contributed by atoms with Crippen LogP contribution in [-0.4, -0.2) is 10.5 Å². The summed E-state index contributed by atoms with van der Waals surface area (Å²) in [6.07, 6.45) is 4.57. The van der Waals surface area contributed by atoms with Crippen molar-refractivity contribution in [3.05, 3.63) is 0 Å². The number of hydrogen-bond donors (Lipinski definition) is 0. The number of hydrogen-bond acceptors (Lipinski definition) is 1. The molecule has 0 spiro atoms. The van der Waals surface area contributed by atoms with Gasteiger partial charge in [0.2, 0.25) is 0 Å². The molecule has 2 aliphatic heterocycles. The Bertz CT molecular complexity index is 84.6. The lowest BCUT2D eigenvalue weighted by Crippen LogP contribution is -2.35. The maximum absolute atomic E-state index is 2.36. The first-order valence-electron chi connectivity index (χ1n) is 3.50. The lowest BCUT2D eigenvalue weighted by molar-refractivity contribution is 0.289. The zero-order chi connectivity index (χ0) is 5.56. The molecule has 1 atom stereocenters. The summed E-state index contributed by atoms with van der Waals surface area (Å²) >= 11 is 2.21. The molecule has 2 saturated heterocycles. The van der Waals surface area contributed by atoms with Gasteiger partial charge in [-0.25, -0.2) is 0 Å². The average Bonchev–Trinajstić information content (AvgIpc) is 1.62. The molecule has 2 bridgehead atoms. The van der Waals surface area contributed by atoms with Crippen LogP contribution in [0, 0.1) is 5.92 Å². The minimum absolute atomic E-state index is 0.979. The standard InChI is InChI=1S/C7H12S/c1-5-2-6-3-7(4-6)8-5/h5-7H,2-4H2,1H3. The van der Waals surface area contributed by atoms with Crippen LogP contribution >= 0.6 is 11.8 Å². The summed E-state index contributed by atoms with van der Waals surface area (Å²) in [6, 6.07) is 0. The van der Waals surface area contributed by atoms with Gasteiger partial charge in [0, 0.05) is 10.5 Å². The maximum Gasteiger partial charge on any atom is 0.00550 e. The summed E-state index contributed by atoms with van der Waals surface area (Å²) in [4.78, 5) is 0. The molecule has 0 aromatic carbocycles. The van der Waals surface area contributed by atoms with Gasteiger partial charge in [0.1, 0.15) is 0 Å². The molecule has 1 aliphatic carbocycles. The van der Waals surface area contributed by atoms with E-state index in [9.17, 15) is 0 Å². The van der Waals surface area contributed by atoms with Crippen molar-refractivity contribution in [2.24, 2.45) is 5.92 Å². The van der Waals surface area contributed by atoms with Crippen LogP contribution in [0.3, 0.4) is 0 Å². The van der Waals surface area contributed by atoms with E-state index in [4.69, 9.17) is 0 Å². The van der Waals surface area contributed by atoms with Crippen LogP contribution in [-0.2, 0) is 0 Å². The molecule has 3 aliphatic rings. The molecule has 1 saturated carbocycles. The van der Waals surface area contributed by atoms with E-state index in [-0.39, 0.29) is 0 Å². The quantitative estimate of drug-likeness (QED) is 0.482. The summed E-state index contributed by atoms with van der Waals surface area (Å²) in [6.45, 7) is 2.36. The van der Waals surface area contributed by atoms with E-state index < -0.39 is 0 Å². The first-order chi connectivity index (χ1) is 3.84. The molecule has 1 heteroatoms. The van der Waals surface area contributed by atoms with Gasteiger partial charge in [-0.15, -0.1) is 0 Å². The molecule has 46 valence electrons. The van der Waals surface area contributed by atoms with Crippen LogP contribution in [0.25, 0.3) is 0 Å².